The van der Waals surface area contributed by atoms with Gasteiger partial charge in [0.2, 0.25) is 0 Å². The first kappa shape index (κ1) is 10.8. The quantitative estimate of drug-likeness (QED) is 0.810. The van der Waals surface area contributed by atoms with Crippen molar-refractivity contribution >= 4 is 28.6 Å². The van der Waals surface area contributed by atoms with E-state index in [1.165, 1.54) is 11.1 Å². The highest BCUT2D eigenvalue weighted by atomic mass is 79.9. The van der Waals surface area contributed by atoms with Crippen LogP contribution in [-0.4, -0.2) is 9.97 Å². The number of thiol groups is 1. The molecule has 1 aromatic heterocycles. The van der Waals surface area contributed by atoms with Crippen molar-refractivity contribution in [2.45, 2.75) is 12.7 Å². The van der Waals surface area contributed by atoms with Crippen molar-refractivity contribution < 1.29 is 0 Å². The predicted octanol–water partition coefficient (Wildman–Crippen LogP) is 3.58. The molecule has 78 valence electrons. The lowest BCUT2D eigenvalue weighted by atomic mass is 10.1. The van der Waals surface area contributed by atoms with Crippen LogP contribution in [0.25, 0.3) is 11.3 Å². The van der Waals surface area contributed by atoms with Crippen LogP contribution in [0, 0.1) is 6.92 Å². The molecular formula is C11H11BrN2S. The number of benzene rings is 1. The molecule has 0 saturated carbocycles. The number of halogens is 1. The number of H-pyrrole nitrogens is 1. The van der Waals surface area contributed by atoms with Gasteiger partial charge in [0.05, 0.1) is 11.9 Å². The van der Waals surface area contributed by atoms with Gasteiger partial charge in [-0.05, 0) is 24.6 Å². The van der Waals surface area contributed by atoms with Gasteiger partial charge in [0.25, 0.3) is 0 Å². The molecule has 1 aromatic carbocycles. The lowest BCUT2D eigenvalue weighted by Crippen LogP contribution is -1.84. The molecule has 0 aliphatic rings. The van der Waals surface area contributed by atoms with Gasteiger partial charge in [-0.3, -0.25) is 0 Å². The molecule has 0 saturated heterocycles. The van der Waals surface area contributed by atoms with Crippen molar-refractivity contribution in [2.75, 3.05) is 0 Å². The van der Waals surface area contributed by atoms with Gasteiger partial charge in [-0.1, -0.05) is 22.0 Å². The number of nitrogens with one attached hydrogen (secondary N) is 1. The van der Waals surface area contributed by atoms with Gasteiger partial charge in [-0.15, -0.1) is 0 Å². The second-order valence-corrected chi connectivity index (χ2v) is 4.59. The Balaban J connectivity index is 2.48. The molecule has 2 nitrogen and oxygen atoms in total. The van der Waals surface area contributed by atoms with Gasteiger partial charge in [0, 0.05) is 15.8 Å². The van der Waals surface area contributed by atoms with Crippen LogP contribution in [-0.2, 0) is 5.75 Å². The summed E-state index contributed by atoms with van der Waals surface area (Å²) in [5.41, 5.74) is 3.44. The van der Waals surface area contributed by atoms with Crippen LogP contribution in [0.15, 0.2) is 28.9 Å². The van der Waals surface area contributed by atoms with Gasteiger partial charge in [0.15, 0.2) is 0 Å². The van der Waals surface area contributed by atoms with E-state index in [0.717, 1.165) is 16.0 Å². The van der Waals surface area contributed by atoms with Crippen molar-refractivity contribution in [3.63, 3.8) is 0 Å². The lowest BCUT2D eigenvalue weighted by Gasteiger charge is -2.03. The van der Waals surface area contributed by atoms with Crippen molar-refractivity contribution in [2.24, 2.45) is 0 Å². The summed E-state index contributed by atoms with van der Waals surface area (Å²) in [7, 11) is 0. The standard InChI is InChI=1S/C11H11BrN2S/c1-7-2-3-8(12)4-9(7)10-5-13-11(6-15)14-10/h2-5,15H,6H2,1H3,(H,13,14). The van der Waals surface area contributed by atoms with Crippen molar-refractivity contribution in [3.8, 4) is 11.3 Å². The molecular weight excluding hydrogens is 272 g/mol. The summed E-state index contributed by atoms with van der Waals surface area (Å²) in [5, 5.41) is 0. The summed E-state index contributed by atoms with van der Waals surface area (Å²) in [5.74, 6) is 1.53. The first-order chi connectivity index (χ1) is 7.20. The van der Waals surface area contributed by atoms with Crippen LogP contribution in [0.3, 0.4) is 0 Å². The third-order valence-electron chi connectivity index (χ3n) is 2.27. The van der Waals surface area contributed by atoms with E-state index in [-0.39, 0.29) is 0 Å². The summed E-state index contributed by atoms with van der Waals surface area (Å²) in [6, 6.07) is 6.21. The Labute approximate surface area is 103 Å². The number of aromatic nitrogens is 2. The molecule has 15 heavy (non-hydrogen) atoms. The Morgan fingerprint density at radius 2 is 2.27 bits per heavy atom. The zero-order valence-corrected chi connectivity index (χ0v) is 10.8. The summed E-state index contributed by atoms with van der Waals surface area (Å²) in [6.07, 6.45) is 1.85. The topological polar surface area (TPSA) is 28.7 Å². The van der Waals surface area contributed by atoms with E-state index in [4.69, 9.17) is 0 Å². The number of aromatic amines is 1. The second kappa shape index (κ2) is 4.41. The second-order valence-electron chi connectivity index (χ2n) is 3.36. The van der Waals surface area contributed by atoms with E-state index in [2.05, 4.69) is 57.6 Å². The molecule has 0 atom stereocenters. The molecule has 0 spiro atoms. The van der Waals surface area contributed by atoms with Gasteiger partial charge >= 0.3 is 0 Å². The zero-order chi connectivity index (χ0) is 10.8. The maximum Gasteiger partial charge on any atom is 0.116 e. The Hall–Kier alpha value is -0.740. The van der Waals surface area contributed by atoms with Crippen molar-refractivity contribution in [1.29, 1.82) is 0 Å². The number of nitrogens with zero attached hydrogens (tertiary/aromatic N) is 1. The fraction of sp³-hybridized carbons (Fsp3) is 0.182. The highest BCUT2D eigenvalue weighted by molar-refractivity contribution is 9.10. The predicted molar refractivity (Wildman–Crippen MR) is 69.2 cm³/mol. The van der Waals surface area contributed by atoms with Crippen LogP contribution >= 0.6 is 28.6 Å². The first-order valence-electron chi connectivity index (χ1n) is 4.62. The number of hydrogen-bond acceptors (Lipinski definition) is 2. The molecule has 0 aliphatic heterocycles. The molecule has 0 amide bonds. The van der Waals surface area contributed by atoms with Gasteiger partial charge in [-0.25, -0.2) is 4.98 Å². The average molecular weight is 283 g/mol. The Kier molecular flexibility index (Phi) is 3.17. The number of aryl methyl sites for hydroxylation is 1. The molecule has 0 bridgehead atoms. The maximum absolute atomic E-state index is 4.23. The number of imidazole rings is 1. The lowest BCUT2D eigenvalue weighted by molar-refractivity contribution is 1.13. The van der Waals surface area contributed by atoms with E-state index in [1.54, 1.807) is 0 Å². The minimum Gasteiger partial charge on any atom is -0.341 e. The van der Waals surface area contributed by atoms with Crippen LogP contribution in [0.1, 0.15) is 11.4 Å². The van der Waals surface area contributed by atoms with E-state index < -0.39 is 0 Å². The fourth-order valence-corrected chi connectivity index (χ4v) is 1.99. The zero-order valence-electron chi connectivity index (χ0n) is 8.29. The Morgan fingerprint density at radius 3 is 2.93 bits per heavy atom. The molecule has 0 aliphatic carbocycles. The molecule has 2 rings (SSSR count). The number of rotatable bonds is 2. The minimum absolute atomic E-state index is 0.632. The fourth-order valence-electron chi connectivity index (χ4n) is 1.46. The monoisotopic (exact) mass is 282 g/mol. The van der Waals surface area contributed by atoms with E-state index in [1.807, 2.05) is 12.3 Å². The SMILES string of the molecule is Cc1ccc(Br)cc1-c1cnc(CS)[nH]1. The summed E-state index contributed by atoms with van der Waals surface area (Å²) in [6.45, 7) is 2.09. The maximum atomic E-state index is 4.23. The third-order valence-corrected chi connectivity index (χ3v) is 3.06. The molecule has 1 N–H and O–H groups in total. The van der Waals surface area contributed by atoms with Crippen LogP contribution in [0.4, 0.5) is 0 Å². The van der Waals surface area contributed by atoms with Crippen LogP contribution in [0.2, 0.25) is 0 Å². The largest absolute Gasteiger partial charge is 0.341 e. The van der Waals surface area contributed by atoms with E-state index in [0.29, 0.717) is 5.75 Å². The first-order valence-corrected chi connectivity index (χ1v) is 6.04. The van der Waals surface area contributed by atoms with Crippen LogP contribution < -0.4 is 0 Å². The minimum atomic E-state index is 0.632. The molecule has 0 radical (unpaired) electrons. The Morgan fingerprint density at radius 1 is 1.47 bits per heavy atom. The summed E-state index contributed by atoms with van der Waals surface area (Å²) >= 11 is 7.65. The van der Waals surface area contributed by atoms with Crippen molar-refractivity contribution in [3.05, 3.63) is 40.3 Å². The summed E-state index contributed by atoms with van der Waals surface area (Å²) < 4.78 is 1.07. The third kappa shape index (κ3) is 2.26. The van der Waals surface area contributed by atoms with Gasteiger partial charge in [-0.2, -0.15) is 12.6 Å². The molecule has 0 unspecified atom stereocenters. The summed E-state index contributed by atoms with van der Waals surface area (Å²) in [4.78, 5) is 7.47. The molecule has 4 heteroatoms. The highest BCUT2D eigenvalue weighted by Crippen LogP contribution is 2.25. The Bertz CT molecular complexity index is 479. The smallest absolute Gasteiger partial charge is 0.116 e. The van der Waals surface area contributed by atoms with E-state index in [9.17, 15) is 0 Å². The molecule has 2 aromatic rings. The average Bonchev–Trinajstić information content (AvgIpc) is 2.70. The van der Waals surface area contributed by atoms with Crippen molar-refractivity contribution in [1.82, 2.24) is 9.97 Å². The van der Waals surface area contributed by atoms with Gasteiger partial charge < -0.3 is 4.98 Å². The van der Waals surface area contributed by atoms with Gasteiger partial charge in [0.1, 0.15) is 5.82 Å². The number of hydrogen-bond donors (Lipinski definition) is 2. The molecule has 1 heterocycles. The van der Waals surface area contributed by atoms with Crippen LogP contribution in [0.5, 0.6) is 0 Å². The molecule has 0 fully saturated rings. The highest BCUT2D eigenvalue weighted by Gasteiger charge is 2.05. The normalized spacial score (nSPS) is 10.6. The van der Waals surface area contributed by atoms with E-state index >= 15 is 0 Å².